The van der Waals surface area contributed by atoms with Crippen LogP contribution in [0.5, 0.6) is 11.5 Å². The van der Waals surface area contributed by atoms with Crippen LogP contribution in [0, 0.1) is 4.77 Å². The van der Waals surface area contributed by atoms with E-state index in [2.05, 4.69) is 10.3 Å². The van der Waals surface area contributed by atoms with Crippen LogP contribution in [0.1, 0.15) is 21.5 Å². The summed E-state index contributed by atoms with van der Waals surface area (Å²) in [6.07, 6.45) is 0. The molecule has 0 bridgehead atoms. The van der Waals surface area contributed by atoms with Gasteiger partial charge in [-0.2, -0.15) is 0 Å². The molecule has 1 aliphatic rings. The van der Waals surface area contributed by atoms with Gasteiger partial charge in [-0.1, -0.05) is 18.2 Å². The van der Waals surface area contributed by atoms with Crippen molar-refractivity contribution in [3.05, 3.63) is 85.7 Å². The first-order valence-corrected chi connectivity index (χ1v) is 10.8. The summed E-state index contributed by atoms with van der Waals surface area (Å²) in [4.78, 5) is 28.3. The van der Waals surface area contributed by atoms with E-state index in [1.165, 1.54) is 15.9 Å². The second kappa shape index (κ2) is 8.01. The molecule has 9 heteroatoms. The van der Waals surface area contributed by atoms with Gasteiger partial charge in [0.1, 0.15) is 4.70 Å². The van der Waals surface area contributed by atoms with Crippen LogP contribution in [0.4, 0.5) is 0 Å². The molecule has 0 fully saturated rings. The summed E-state index contributed by atoms with van der Waals surface area (Å²) in [6, 6.07) is 14.6. The lowest BCUT2D eigenvalue weighted by molar-refractivity contribution is 0.0951. The van der Waals surface area contributed by atoms with E-state index in [4.69, 9.17) is 21.7 Å². The molecule has 1 amide bonds. The molecule has 0 saturated heterocycles. The van der Waals surface area contributed by atoms with Crippen molar-refractivity contribution in [1.82, 2.24) is 14.9 Å². The number of ether oxygens (including phenoxy) is 2. The topological polar surface area (TPSA) is 85.3 Å². The molecule has 3 heterocycles. The molecule has 2 aromatic heterocycles. The highest BCUT2D eigenvalue weighted by Crippen LogP contribution is 2.32. The minimum Gasteiger partial charge on any atom is -0.454 e. The fourth-order valence-electron chi connectivity index (χ4n) is 3.39. The Labute approximate surface area is 185 Å². The number of carbonyl (C=O) groups is 1. The summed E-state index contributed by atoms with van der Waals surface area (Å²) in [5.74, 6) is 1.21. The number of aromatic amines is 1. The summed E-state index contributed by atoms with van der Waals surface area (Å²) < 4.78 is 13.2. The average molecular weight is 452 g/mol. The number of hydrogen-bond acceptors (Lipinski definition) is 6. The number of aromatic nitrogens is 2. The maximum atomic E-state index is 12.7. The number of carbonyl (C=O) groups excluding carboxylic acids is 1. The van der Waals surface area contributed by atoms with Gasteiger partial charge in [-0.25, -0.2) is 0 Å². The lowest BCUT2D eigenvalue weighted by Crippen LogP contribution is -2.23. The molecule has 0 radical (unpaired) electrons. The molecular weight excluding hydrogens is 434 g/mol. The van der Waals surface area contributed by atoms with E-state index < -0.39 is 0 Å². The first kappa shape index (κ1) is 19.5. The van der Waals surface area contributed by atoms with Crippen LogP contribution in [-0.4, -0.2) is 22.3 Å². The van der Waals surface area contributed by atoms with E-state index >= 15 is 0 Å². The first-order chi connectivity index (χ1) is 15.1. The van der Waals surface area contributed by atoms with Crippen molar-refractivity contribution < 1.29 is 14.3 Å². The Morgan fingerprint density at radius 1 is 1.10 bits per heavy atom. The number of H-pyrrole nitrogens is 1. The van der Waals surface area contributed by atoms with Crippen molar-refractivity contribution in [3.63, 3.8) is 0 Å². The standard InChI is InChI=1S/C22H17N3O4S2/c26-20(23-10-14-3-6-17-18(9-14)29-12-28-17)15-4-1-13(2-5-15)11-25-21(27)19-16(7-8-31-19)24-22(25)30/h1-9H,10-12H2,(H,23,26)(H,24,30). The van der Waals surface area contributed by atoms with Gasteiger partial charge in [-0.3, -0.25) is 14.2 Å². The molecule has 4 aromatic rings. The fraction of sp³-hybridized carbons (Fsp3) is 0.136. The van der Waals surface area contributed by atoms with Crippen LogP contribution >= 0.6 is 23.6 Å². The Morgan fingerprint density at radius 2 is 1.87 bits per heavy atom. The van der Waals surface area contributed by atoms with E-state index in [-0.39, 0.29) is 18.3 Å². The Hall–Kier alpha value is -3.43. The molecule has 0 aliphatic carbocycles. The lowest BCUT2D eigenvalue weighted by Gasteiger charge is -2.09. The Bertz CT molecular complexity index is 1400. The summed E-state index contributed by atoms with van der Waals surface area (Å²) in [7, 11) is 0. The highest BCUT2D eigenvalue weighted by Gasteiger charge is 2.14. The lowest BCUT2D eigenvalue weighted by atomic mass is 10.1. The second-order valence-corrected chi connectivity index (χ2v) is 8.35. The average Bonchev–Trinajstić information content (AvgIpc) is 3.44. The van der Waals surface area contributed by atoms with E-state index in [9.17, 15) is 9.59 Å². The first-order valence-electron chi connectivity index (χ1n) is 9.54. The quantitative estimate of drug-likeness (QED) is 0.451. The number of benzene rings is 2. The number of nitrogens with one attached hydrogen (secondary N) is 2. The smallest absolute Gasteiger partial charge is 0.272 e. The van der Waals surface area contributed by atoms with Crippen LogP contribution in [0.25, 0.3) is 10.2 Å². The zero-order chi connectivity index (χ0) is 21.4. The van der Waals surface area contributed by atoms with Gasteiger partial charge in [0.25, 0.3) is 11.5 Å². The van der Waals surface area contributed by atoms with Crippen molar-refractivity contribution in [2.45, 2.75) is 13.1 Å². The zero-order valence-corrected chi connectivity index (χ0v) is 17.8. The van der Waals surface area contributed by atoms with E-state index in [0.29, 0.717) is 39.6 Å². The Kier molecular flexibility index (Phi) is 5.05. The van der Waals surface area contributed by atoms with Crippen LogP contribution in [0.15, 0.2) is 58.7 Å². The predicted octanol–water partition coefficient (Wildman–Crippen LogP) is 3.83. The van der Waals surface area contributed by atoms with Gasteiger partial charge in [0.05, 0.1) is 12.1 Å². The summed E-state index contributed by atoms with van der Waals surface area (Å²) >= 11 is 6.73. The van der Waals surface area contributed by atoms with Crippen LogP contribution in [0.3, 0.4) is 0 Å². The predicted molar refractivity (Wildman–Crippen MR) is 121 cm³/mol. The van der Waals surface area contributed by atoms with Crippen molar-refractivity contribution in [3.8, 4) is 11.5 Å². The number of amides is 1. The van der Waals surface area contributed by atoms with E-state index in [0.717, 1.165) is 16.6 Å². The summed E-state index contributed by atoms with van der Waals surface area (Å²) in [5, 5.41) is 4.76. The van der Waals surface area contributed by atoms with E-state index in [1.54, 1.807) is 12.1 Å². The molecule has 2 N–H and O–H groups in total. The number of rotatable bonds is 5. The highest BCUT2D eigenvalue weighted by atomic mass is 32.1. The molecular formula is C22H17N3O4S2. The Balaban J connectivity index is 1.27. The molecule has 156 valence electrons. The second-order valence-electron chi connectivity index (χ2n) is 7.05. The zero-order valence-electron chi connectivity index (χ0n) is 16.2. The SMILES string of the molecule is O=C(NCc1ccc2c(c1)OCO2)c1ccc(Cn2c(=S)[nH]c3ccsc3c2=O)cc1. The molecule has 31 heavy (non-hydrogen) atoms. The molecule has 2 aromatic carbocycles. The fourth-order valence-corrected chi connectivity index (χ4v) is 4.45. The molecule has 1 aliphatic heterocycles. The van der Waals surface area contributed by atoms with Gasteiger partial charge in [-0.15, -0.1) is 11.3 Å². The monoisotopic (exact) mass is 451 g/mol. The Morgan fingerprint density at radius 3 is 2.71 bits per heavy atom. The van der Waals surface area contributed by atoms with Crippen molar-refractivity contribution in [2.24, 2.45) is 0 Å². The van der Waals surface area contributed by atoms with Gasteiger partial charge in [0.15, 0.2) is 16.3 Å². The van der Waals surface area contributed by atoms with Gasteiger partial charge in [0.2, 0.25) is 6.79 Å². The number of thiophene rings is 1. The van der Waals surface area contributed by atoms with Crippen molar-refractivity contribution >= 4 is 39.7 Å². The third-order valence-corrected chi connectivity index (χ3v) is 6.26. The number of hydrogen-bond donors (Lipinski definition) is 2. The normalized spacial score (nSPS) is 12.3. The number of fused-ring (bicyclic) bond motifs is 2. The highest BCUT2D eigenvalue weighted by molar-refractivity contribution is 7.71. The molecule has 0 atom stereocenters. The molecule has 0 unspecified atom stereocenters. The van der Waals surface area contributed by atoms with Crippen LogP contribution in [-0.2, 0) is 13.1 Å². The third-order valence-electron chi connectivity index (χ3n) is 5.04. The van der Waals surface area contributed by atoms with Crippen molar-refractivity contribution in [2.75, 3.05) is 6.79 Å². The van der Waals surface area contributed by atoms with Crippen molar-refractivity contribution in [1.29, 1.82) is 0 Å². The summed E-state index contributed by atoms with van der Waals surface area (Å²) in [6.45, 7) is 0.930. The molecule has 0 spiro atoms. The van der Waals surface area contributed by atoms with Gasteiger partial charge < -0.3 is 19.8 Å². The number of nitrogens with zero attached hydrogens (tertiary/aromatic N) is 1. The van der Waals surface area contributed by atoms with Gasteiger partial charge >= 0.3 is 0 Å². The van der Waals surface area contributed by atoms with E-state index in [1.807, 2.05) is 41.8 Å². The maximum absolute atomic E-state index is 12.7. The third kappa shape index (κ3) is 3.85. The molecule has 0 saturated carbocycles. The maximum Gasteiger partial charge on any atom is 0.272 e. The van der Waals surface area contributed by atoms with Crippen LogP contribution < -0.4 is 20.3 Å². The largest absolute Gasteiger partial charge is 0.454 e. The van der Waals surface area contributed by atoms with Gasteiger partial charge in [0, 0.05) is 12.1 Å². The minimum absolute atomic E-state index is 0.112. The minimum atomic E-state index is -0.182. The van der Waals surface area contributed by atoms with Gasteiger partial charge in [-0.05, 0) is 59.1 Å². The molecule has 7 nitrogen and oxygen atoms in total. The molecule has 5 rings (SSSR count). The summed E-state index contributed by atoms with van der Waals surface area (Å²) in [5.41, 5.74) is 2.98. The van der Waals surface area contributed by atoms with Crippen LogP contribution in [0.2, 0.25) is 0 Å².